The van der Waals surface area contributed by atoms with Crippen molar-refractivity contribution in [2.45, 2.75) is 31.2 Å². The summed E-state index contributed by atoms with van der Waals surface area (Å²) in [6, 6.07) is 4.63. The van der Waals surface area contributed by atoms with Crippen molar-refractivity contribution in [1.82, 2.24) is 4.72 Å². The Balaban J connectivity index is 2.33. The molecule has 1 aromatic rings. The van der Waals surface area contributed by atoms with Crippen LogP contribution < -0.4 is 10.5 Å². The third-order valence-electron chi connectivity index (χ3n) is 3.08. The Labute approximate surface area is 106 Å². The van der Waals surface area contributed by atoms with Gasteiger partial charge in [-0.15, -0.1) is 0 Å². The van der Waals surface area contributed by atoms with E-state index in [-0.39, 0.29) is 27.1 Å². The van der Waals surface area contributed by atoms with Crippen LogP contribution in [0, 0.1) is 5.41 Å². The summed E-state index contributed by atoms with van der Waals surface area (Å²) in [6.07, 6.45) is 0.830. The molecule has 1 unspecified atom stereocenters. The largest absolute Gasteiger partial charge is 0.398 e. The first kappa shape index (κ1) is 12.7. The minimum Gasteiger partial charge on any atom is -0.398 e. The quantitative estimate of drug-likeness (QED) is 0.828. The van der Waals surface area contributed by atoms with Gasteiger partial charge in [-0.05, 0) is 24.0 Å². The lowest BCUT2D eigenvalue weighted by Crippen LogP contribution is -2.29. The molecule has 1 aliphatic carbocycles. The number of hydrogen-bond acceptors (Lipinski definition) is 3. The zero-order valence-electron chi connectivity index (χ0n) is 9.70. The van der Waals surface area contributed by atoms with Crippen LogP contribution in [0.5, 0.6) is 0 Å². The zero-order valence-corrected chi connectivity index (χ0v) is 11.3. The molecule has 0 amide bonds. The minimum atomic E-state index is -3.64. The van der Waals surface area contributed by atoms with Crippen LogP contribution in [-0.4, -0.2) is 14.5 Å². The van der Waals surface area contributed by atoms with Gasteiger partial charge in [-0.3, -0.25) is 0 Å². The summed E-state index contributed by atoms with van der Waals surface area (Å²) >= 11 is 5.89. The van der Waals surface area contributed by atoms with Crippen molar-refractivity contribution in [3.8, 4) is 0 Å². The highest BCUT2D eigenvalue weighted by Crippen LogP contribution is 2.45. The average molecular weight is 275 g/mol. The maximum Gasteiger partial charge on any atom is 0.244 e. The van der Waals surface area contributed by atoms with Crippen LogP contribution in [0.3, 0.4) is 0 Å². The molecule has 0 aromatic heterocycles. The van der Waals surface area contributed by atoms with Crippen LogP contribution >= 0.6 is 11.6 Å². The van der Waals surface area contributed by atoms with E-state index in [1.807, 2.05) is 13.8 Å². The monoisotopic (exact) mass is 274 g/mol. The Bertz CT molecular complexity index is 534. The van der Waals surface area contributed by atoms with Gasteiger partial charge in [0.2, 0.25) is 10.0 Å². The van der Waals surface area contributed by atoms with Crippen LogP contribution in [0.4, 0.5) is 5.69 Å². The molecular weight excluding hydrogens is 260 g/mol. The summed E-state index contributed by atoms with van der Waals surface area (Å²) in [7, 11) is -3.64. The van der Waals surface area contributed by atoms with Crippen molar-refractivity contribution < 1.29 is 8.42 Å². The van der Waals surface area contributed by atoms with Crippen LogP contribution in [0.15, 0.2) is 23.1 Å². The summed E-state index contributed by atoms with van der Waals surface area (Å²) in [6.45, 7) is 4.02. The van der Waals surface area contributed by atoms with Crippen LogP contribution in [-0.2, 0) is 10.0 Å². The second-order valence-corrected chi connectivity index (χ2v) is 7.08. The van der Waals surface area contributed by atoms with E-state index in [2.05, 4.69) is 4.72 Å². The van der Waals surface area contributed by atoms with Crippen molar-refractivity contribution in [3.63, 3.8) is 0 Å². The Morgan fingerprint density at radius 1 is 1.47 bits per heavy atom. The molecule has 17 heavy (non-hydrogen) atoms. The fourth-order valence-electron chi connectivity index (χ4n) is 1.72. The van der Waals surface area contributed by atoms with E-state index in [0.29, 0.717) is 0 Å². The predicted molar refractivity (Wildman–Crippen MR) is 68.4 cm³/mol. The molecule has 0 aliphatic heterocycles. The maximum absolute atomic E-state index is 12.1. The van der Waals surface area contributed by atoms with Gasteiger partial charge < -0.3 is 5.73 Å². The van der Waals surface area contributed by atoms with Crippen molar-refractivity contribution >= 4 is 27.3 Å². The third kappa shape index (κ3) is 2.41. The van der Waals surface area contributed by atoms with Crippen molar-refractivity contribution in [3.05, 3.63) is 23.2 Å². The molecule has 1 atom stereocenters. The normalized spacial score (nSPS) is 22.4. The molecule has 1 saturated carbocycles. The number of nitrogens with two attached hydrogens (primary N) is 1. The van der Waals surface area contributed by atoms with Crippen LogP contribution in [0.25, 0.3) is 0 Å². The first-order chi connectivity index (χ1) is 7.74. The van der Waals surface area contributed by atoms with Gasteiger partial charge in [-0.25, -0.2) is 13.1 Å². The van der Waals surface area contributed by atoms with E-state index < -0.39 is 10.0 Å². The number of nitrogen functional groups attached to an aromatic ring is 1. The summed E-state index contributed by atoms with van der Waals surface area (Å²) in [5.41, 5.74) is 5.85. The molecule has 1 fully saturated rings. The van der Waals surface area contributed by atoms with E-state index in [9.17, 15) is 8.42 Å². The number of sulfonamides is 1. The average Bonchev–Trinajstić information content (AvgIpc) is 2.70. The van der Waals surface area contributed by atoms with Gasteiger partial charge in [0.1, 0.15) is 4.90 Å². The zero-order chi connectivity index (χ0) is 12.8. The van der Waals surface area contributed by atoms with Crippen LogP contribution in [0.2, 0.25) is 5.02 Å². The molecule has 1 aromatic carbocycles. The van der Waals surface area contributed by atoms with Crippen LogP contribution in [0.1, 0.15) is 20.3 Å². The molecule has 0 heterocycles. The molecule has 1 aliphatic rings. The highest BCUT2D eigenvalue weighted by Gasteiger charge is 2.48. The summed E-state index contributed by atoms with van der Waals surface area (Å²) < 4.78 is 26.9. The van der Waals surface area contributed by atoms with Gasteiger partial charge in [-0.2, -0.15) is 0 Å². The smallest absolute Gasteiger partial charge is 0.244 e. The number of nitrogens with one attached hydrogen (secondary N) is 1. The second-order valence-electron chi connectivity index (χ2n) is 5.02. The molecule has 94 valence electrons. The van der Waals surface area contributed by atoms with Gasteiger partial charge in [0.15, 0.2) is 0 Å². The molecule has 0 radical (unpaired) electrons. The number of halogens is 1. The highest BCUT2D eigenvalue weighted by atomic mass is 35.5. The van der Waals surface area contributed by atoms with E-state index in [1.54, 1.807) is 6.07 Å². The first-order valence-electron chi connectivity index (χ1n) is 5.30. The van der Waals surface area contributed by atoms with Gasteiger partial charge >= 0.3 is 0 Å². The maximum atomic E-state index is 12.1. The third-order valence-corrected chi connectivity index (χ3v) is 5.09. The summed E-state index contributed by atoms with van der Waals surface area (Å²) in [4.78, 5) is -0.0237. The lowest BCUT2D eigenvalue weighted by Gasteiger charge is -2.11. The number of benzene rings is 1. The highest BCUT2D eigenvalue weighted by molar-refractivity contribution is 7.89. The minimum absolute atomic E-state index is 0.0170. The topological polar surface area (TPSA) is 72.2 Å². The first-order valence-corrected chi connectivity index (χ1v) is 7.16. The van der Waals surface area contributed by atoms with Gasteiger partial charge in [0, 0.05) is 6.04 Å². The van der Waals surface area contributed by atoms with Crippen molar-refractivity contribution in [2.75, 3.05) is 5.73 Å². The Morgan fingerprint density at radius 3 is 2.53 bits per heavy atom. The molecule has 0 saturated heterocycles. The molecular formula is C11H15ClN2O2S. The van der Waals surface area contributed by atoms with Gasteiger partial charge in [0.25, 0.3) is 0 Å². The predicted octanol–water partition coefficient (Wildman–Crippen LogP) is 2.00. The van der Waals surface area contributed by atoms with E-state index in [4.69, 9.17) is 17.3 Å². The van der Waals surface area contributed by atoms with E-state index in [1.165, 1.54) is 12.1 Å². The van der Waals surface area contributed by atoms with Crippen molar-refractivity contribution in [2.24, 2.45) is 5.41 Å². The summed E-state index contributed by atoms with van der Waals surface area (Å²) in [5, 5.41) is 0.149. The molecule has 4 nitrogen and oxygen atoms in total. The molecule has 3 N–H and O–H groups in total. The fraction of sp³-hybridized carbons (Fsp3) is 0.455. The molecule has 6 heteroatoms. The standard InChI is InChI=1S/C11H15ClN2O2S/c1-11(2)6-9(11)14-17(15,16)10-7(12)4-3-5-8(10)13/h3-5,9,14H,6,13H2,1-2H3. The Hall–Kier alpha value is -0.780. The Kier molecular flexibility index (Phi) is 2.88. The number of anilines is 1. The SMILES string of the molecule is CC1(C)CC1NS(=O)(=O)c1c(N)cccc1Cl. The van der Waals surface area contributed by atoms with E-state index in [0.717, 1.165) is 6.42 Å². The lowest BCUT2D eigenvalue weighted by atomic mass is 10.2. The second kappa shape index (κ2) is 3.86. The summed E-state index contributed by atoms with van der Waals surface area (Å²) in [5.74, 6) is 0. The van der Waals surface area contributed by atoms with Gasteiger partial charge in [0.05, 0.1) is 10.7 Å². The number of hydrogen-bond donors (Lipinski definition) is 2. The van der Waals surface area contributed by atoms with E-state index >= 15 is 0 Å². The molecule has 0 spiro atoms. The molecule has 2 rings (SSSR count). The Morgan fingerprint density at radius 2 is 2.06 bits per heavy atom. The van der Waals surface area contributed by atoms with Gasteiger partial charge in [-0.1, -0.05) is 31.5 Å². The fourth-order valence-corrected chi connectivity index (χ4v) is 3.81. The number of rotatable bonds is 3. The molecule has 0 bridgehead atoms. The van der Waals surface area contributed by atoms with Crippen molar-refractivity contribution in [1.29, 1.82) is 0 Å². The lowest BCUT2D eigenvalue weighted by molar-refractivity contribution is 0.555.